The van der Waals surface area contributed by atoms with E-state index in [9.17, 15) is 13.6 Å². The average molecular weight is 331 g/mol. The fraction of sp³-hybridized carbons (Fsp3) is 0.143. The van der Waals surface area contributed by atoms with E-state index in [0.717, 1.165) is 6.20 Å². The summed E-state index contributed by atoms with van der Waals surface area (Å²) in [6.07, 6.45) is -1.74. The largest absolute Gasteiger partial charge is 0.478 e. The Morgan fingerprint density at radius 1 is 1.50 bits per heavy atom. The van der Waals surface area contributed by atoms with E-state index in [1.807, 2.05) is 0 Å². The van der Waals surface area contributed by atoms with Gasteiger partial charge in [-0.3, -0.25) is 0 Å². The van der Waals surface area contributed by atoms with Gasteiger partial charge >= 0.3 is 5.97 Å². The zero-order chi connectivity index (χ0) is 10.9. The topological polar surface area (TPSA) is 50.2 Å². The van der Waals surface area contributed by atoms with Gasteiger partial charge in [0, 0.05) is 10.7 Å². The average Bonchev–Trinajstić information content (AvgIpc) is 2.07. The van der Waals surface area contributed by atoms with Crippen LogP contribution in [0.15, 0.2) is 15.3 Å². The van der Waals surface area contributed by atoms with E-state index in [-0.39, 0.29) is 9.08 Å². The Hall–Kier alpha value is -0.560. The maximum absolute atomic E-state index is 12.5. The molecule has 7 heteroatoms. The van der Waals surface area contributed by atoms with Gasteiger partial charge in [-0.1, -0.05) is 0 Å². The summed E-state index contributed by atoms with van der Waals surface area (Å²) in [6.45, 7) is 0. The predicted octanol–water partition coefficient (Wildman–Crippen LogP) is 3.24. The number of carboxylic acids is 1. The van der Waals surface area contributed by atoms with Crippen molar-refractivity contribution < 1.29 is 18.7 Å². The molecule has 1 aromatic rings. The second kappa shape index (κ2) is 4.31. The van der Waals surface area contributed by atoms with Gasteiger partial charge in [0.1, 0.15) is 10.2 Å². The van der Waals surface area contributed by atoms with Gasteiger partial charge in [0.15, 0.2) is 0 Å². The minimum Gasteiger partial charge on any atom is -0.478 e. The summed E-state index contributed by atoms with van der Waals surface area (Å²) in [5, 5.41) is 8.70. The monoisotopic (exact) mass is 329 g/mol. The van der Waals surface area contributed by atoms with E-state index in [2.05, 4.69) is 36.8 Å². The van der Waals surface area contributed by atoms with Gasteiger partial charge in [-0.05, 0) is 31.9 Å². The summed E-state index contributed by atoms with van der Waals surface area (Å²) >= 11 is 5.63. The van der Waals surface area contributed by atoms with E-state index < -0.39 is 23.5 Å². The van der Waals surface area contributed by atoms with Crippen LogP contribution < -0.4 is 0 Å². The third kappa shape index (κ3) is 2.09. The number of hydrogen-bond donors (Lipinski definition) is 1. The molecule has 0 bridgehead atoms. The Morgan fingerprint density at radius 3 is 2.43 bits per heavy atom. The normalized spacial score (nSPS) is 10.6. The van der Waals surface area contributed by atoms with Gasteiger partial charge in [-0.15, -0.1) is 0 Å². The van der Waals surface area contributed by atoms with Crippen molar-refractivity contribution in [1.29, 1.82) is 0 Å². The van der Waals surface area contributed by atoms with Crippen molar-refractivity contribution in [3.63, 3.8) is 0 Å². The molecule has 0 radical (unpaired) electrons. The Morgan fingerprint density at radius 2 is 2.07 bits per heavy atom. The zero-order valence-electron chi connectivity index (χ0n) is 6.47. The summed E-state index contributed by atoms with van der Waals surface area (Å²) in [4.78, 5) is 14.3. The van der Waals surface area contributed by atoms with Crippen LogP contribution in [0.4, 0.5) is 8.78 Å². The van der Waals surface area contributed by atoms with Crippen molar-refractivity contribution in [3.05, 3.63) is 26.4 Å². The summed E-state index contributed by atoms with van der Waals surface area (Å²) in [5.74, 6) is -1.44. The molecule has 0 atom stereocenters. The molecule has 0 aliphatic rings. The van der Waals surface area contributed by atoms with Gasteiger partial charge in [0.2, 0.25) is 0 Å². The van der Waals surface area contributed by atoms with Crippen molar-refractivity contribution >= 4 is 37.8 Å². The first-order chi connectivity index (χ1) is 6.45. The lowest BCUT2D eigenvalue weighted by Crippen LogP contribution is -2.06. The lowest BCUT2D eigenvalue weighted by atomic mass is 10.1. The van der Waals surface area contributed by atoms with Gasteiger partial charge in [0.25, 0.3) is 6.43 Å². The highest BCUT2D eigenvalue weighted by Crippen LogP contribution is 2.33. The summed E-state index contributed by atoms with van der Waals surface area (Å²) in [5.41, 5.74) is -1.09. The first kappa shape index (κ1) is 11.5. The number of carboxylic acid groups (broad SMARTS) is 1. The number of aromatic nitrogens is 1. The molecule has 0 saturated carbocycles. The molecule has 3 nitrogen and oxygen atoms in total. The Labute approximate surface area is 94.4 Å². The second-order valence-corrected chi connectivity index (χ2v) is 3.90. The minimum absolute atomic E-state index is 0.0203. The molecule has 1 N–H and O–H groups in total. The molecular formula is C7H3Br2F2NO2. The van der Waals surface area contributed by atoms with Crippen LogP contribution in [0.5, 0.6) is 0 Å². The quantitative estimate of drug-likeness (QED) is 0.847. The van der Waals surface area contributed by atoms with Crippen molar-refractivity contribution in [2.24, 2.45) is 0 Å². The van der Waals surface area contributed by atoms with Crippen LogP contribution in [0, 0.1) is 0 Å². The fourth-order valence-electron chi connectivity index (χ4n) is 0.895. The van der Waals surface area contributed by atoms with E-state index in [1.165, 1.54) is 0 Å². The van der Waals surface area contributed by atoms with Crippen molar-refractivity contribution in [2.45, 2.75) is 6.43 Å². The van der Waals surface area contributed by atoms with Crippen molar-refractivity contribution in [2.75, 3.05) is 0 Å². The van der Waals surface area contributed by atoms with E-state index in [0.29, 0.717) is 0 Å². The van der Waals surface area contributed by atoms with Gasteiger partial charge in [0.05, 0.1) is 5.56 Å². The lowest BCUT2D eigenvalue weighted by molar-refractivity contribution is 0.0682. The van der Waals surface area contributed by atoms with Crippen LogP contribution in [-0.4, -0.2) is 16.1 Å². The fourth-order valence-corrected chi connectivity index (χ4v) is 1.85. The minimum atomic E-state index is -2.87. The third-order valence-electron chi connectivity index (χ3n) is 1.46. The Balaban J connectivity index is 3.50. The SMILES string of the molecule is O=C(O)c1c(Br)ncc(Br)c1C(F)F. The zero-order valence-corrected chi connectivity index (χ0v) is 9.64. The highest BCUT2D eigenvalue weighted by atomic mass is 79.9. The van der Waals surface area contributed by atoms with Crippen LogP contribution in [0.2, 0.25) is 0 Å². The van der Waals surface area contributed by atoms with Crippen LogP contribution >= 0.6 is 31.9 Å². The molecular weight excluding hydrogens is 328 g/mol. The van der Waals surface area contributed by atoms with E-state index >= 15 is 0 Å². The number of hydrogen-bond acceptors (Lipinski definition) is 2. The van der Waals surface area contributed by atoms with E-state index in [1.54, 1.807) is 0 Å². The number of alkyl halides is 2. The number of aromatic carboxylic acids is 1. The van der Waals surface area contributed by atoms with Crippen LogP contribution in [0.3, 0.4) is 0 Å². The van der Waals surface area contributed by atoms with Gasteiger partial charge in [-0.2, -0.15) is 0 Å². The van der Waals surface area contributed by atoms with Crippen LogP contribution in [-0.2, 0) is 0 Å². The first-order valence-corrected chi connectivity index (χ1v) is 4.89. The van der Waals surface area contributed by atoms with Crippen molar-refractivity contribution in [1.82, 2.24) is 4.98 Å². The van der Waals surface area contributed by atoms with Crippen LogP contribution in [0.25, 0.3) is 0 Å². The molecule has 14 heavy (non-hydrogen) atoms. The highest BCUT2D eigenvalue weighted by Gasteiger charge is 2.24. The highest BCUT2D eigenvalue weighted by molar-refractivity contribution is 9.11. The summed E-state index contributed by atoms with van der Waals surface area (Å²) in [6, 6.07) is 0. The molecule has 0 aliphatic carbocycles. The van der Waals surface area contributed by atoms with Gasteiger partial charge < -0.3 is 5.11 Å². The maximum atomic E-state index is 12.5. The second-order valence-electron chi connectivity index (χ2n) is 2.29. The standard InChI is InChI=1S/C7H3Br2F2NO2/c8-2-1-12-5(9)4(7(13)14)3(2)6(10)11/h1,6H,(H,13,14). The van der Waals surface area contributed by atoms with Crippen molar-refractivity contribution in [3.8, 4) is 0 Å². The van der Waals surface area contributed by atoms with Gasteiger partial charge in [-0.25, -0.2) is 18.6 Å². The molecule has 1 rings (SSSR count). The molecule has 0 amide bonds. The van der Waals surface area contributed by atoms with Crippen LogP contribution in [0.1, 0.15) is 22.3 Å². The Kier molecular flexibility index (Phi) is 3.54. The molecule has 0 unspecified atom stereocenters. The molecule has 0 saturated heterocycles. The molecule has 0 aliphatic heterocycles. The molecule has 0 aromatic carbocycles. The molecule has 1 aromatic heterocycles. The molecule has 0 fully saturated rings. The number of carbonyl (C=O) groups is 1. The molecule has 1 heterocycles. The summed E-state index contributed by atoms with van der Waals surface area (Å²) in [7, 11) is 0. The Bertz CT molecular complexity index is 384. The first-order valence-electron chi connectivity index (χ1n) is 3.30. The molecule has 76 valence electrons. The lowest BCUT2D eigenvalue weighted by Gasteiger charge is -2.08. The predicted molar refractivity (Wildman–Crippen MR) is 51.6 cm³/mol. The number of rotatable bonds is 2. The maximum Gasteiger partial charge on any atom is 0.338 e. The number of pyridine rings is 1. The summed E-state index contributed by atoms with van der Waals surface area (Å²) < 4.78 is 24.8. The third-order valence-corrected chi connectivity index (χ3v) is 2.69. The number of nitrogens with zero attached hydrogens (tertiary/aromatic N) is 1. The molecule has 0 spiro atoms. The van der Waals surface area contributed by atoms with E-state index in [4.69, 9.17) is 5.11 Å². The number of halogens is 4. The smallest absolute Gasteiger partial charge is 0.338 e.